The van der Waals surface area contributed by atoms with Crippen LogP contribution < -0.4 is 10.6 Å². The van der Waals surface area contributed by atoms with Crippen LogP contribution in [-0.2, 0) is 20.1 Å². The third-order valence-electron chi connectivity index (χ3n) is 4.40. The lowest BCUT2D eigenvalue weighted by molar-refractivity contribution is 0.441. The van der Waals surface area contributed by atoms with Gasteiger partial charge in [0.25, 0.3) is 0 Å². The fraction of sp³-hybridized carbons (Fsp3) is 0.350. The van der Waals surface area contributed by atoms with E-state index in [1.54, 1.807) is 0 Å². The van der Waals surface area contributed by atoms with Crippen molar-refractivity contribution in [1.29, 1.82) is 0 Å². The van der Waals surface area contributed by atoms with Crippen molar-refractivity contribution in [2.45, 2.75) is 39.9 Å². The Labute approximate surface area is 159 Å². The van der Waals surface area contributed by atoms with Gasteiger partial charge in [0, 0.05) is 7.05 Å². The summed E-state index contributed by atoms with van der Waals surface area (Å²) in [5, 5.41) is 15.0. The molecule has 7 heteroatoms. The summed E-state index contributed by atoms with van der Waals surface area (Å²) in [4.78, 5) is 4.71. The molecule has 142 valence electrons. The molecule has 0 spiro atoms. The van der Waals surface area contributed by atoms with Crippen molar-refractivity contribution in [1.82, 2.24) is 25.4 Å². The number of rotatable bonds is 6. The third-order valence-corrected chi connectivity index (χ3v) is 4.40. The highest BCUT2D eigenvalue weighted by molar-refractivity contribution is 5.80. The summed E-state index contributed by atoms with van der Waals surface area (Å²) in [5.74, 6) is 4.19. The Bertz CT molecular complexity index is 896. The predicted octanol–water partition coefficient (Wildman–Crippen LogP) is 3.02. The molecule has 2 N–H and O–H groups in total. The number of nitrogens with one attached hydrogen (secondary N) is 2. The number of benzene rings is 1. The zero-order valence-corrected chi connectivity index (χ0v) is 16.2. The molecule has 0 bridgehead atoms. The third kappa shape index (κ3) is 4.97. The molecule has 0 saturated carbocycles. The van der Waals surface area contributed by atoms with E-state index >= 15 is 0 Å². The van der Waals surface area contributed by atoms with Crippen molar-refractivity contribution in [3.8, 4) is 0 Å². The van der Waals surface area contributed by atoms with E-state index in [9.17, 15) is 0 Å². The minimum absolute atomic E-state index is 0.0121. The van der Waals surface area contributed by atoms with Crippen LogP contribution in [0, 0.1) is 13.8 Å². The van der Waals surface area contributed by atoms with E-state index < -0.39 is 0 Å². The zero-order chi connectivity index (χ0) is 19.2. The van der Waals surface area contributed by atoms with Crippen LogP contribution in [0.25, 0.3) is 0 Å². The van der Waals surface area contributed by atoms with Crippen LogP contribution in [0.4, 0.5) is 0 Å². The fourth-order valence-electron chi connectivity index (χ4n) is 2.64. The van der Waals surface area contributed by atoms with E-state index in [1.165, 1.54) is 0 Å². The quantitative estimate of drug-likeness (QED) is 0.518. The van der Waals surface area contributed by atoms with Gasteiger partial charge in [-0.15, -0.1) is 10.2 Å². The minimum atomic E-state index is -0.0121. The van der Waals surface area contributed by atoms with E-state index in [-0.39, 0.29) is 6.04 Å². The molecule has 1 unspecified atom stereocenters. The van der Waals surface area contributed by atoms with Gasteiger partial charge < -0.3 is 19.6 Å². The van der Waals surface area contributed by atoms with Gasteiger partial charge in [0.15, 0.2) is 11.8 Å². The number of aliphatic imine (C=N–C) groups is 1. The maximum absolute atomic E-state index is 5.72. The lowest BCUT2D eigenvalue weighted by atomic mass is 10.2. The number of nitrogens with zero attached hydrogens (tertiary/aromatic N) is 4. The van der Waals surface area contributed by atoms with Crippen molar-refractivity contribution < 1.29 is 4.42 Å². The Morgan fingerprint density at radius 2 is 1.93 bits per heavy atom. The predicted molar refractivity (Wildman–Crippen MR) is 105 cm³/mol. The topological polar surface area (TPSA) is 80.3 Å². The SMILES string of the molecule is Cc1ccc(C(C)NC(=NCc2ccccc2)NCc2nnc(C)n2C)o1. The largest absolute Gasteiger partial charge is 0.464 e. The highest BCUT2D eigenvalue weighted by Crippen LogP contribution is 2.15. The standard InChI is InChI=1S/C20H26N6O/c1-14-10-11-18(27-14)15(2)23-20(21-12-17-8-6-5-7-9-17)22-13-19-25-24-16(3)26(19)4/h5-11,15H,12-13H2,1-4H3,(H2,21,22,23). The first-order valence-corrected chi connectivity index (χ1v) is 9.03. The number of aryl methyl sites for hydroxylation is 2. The lowest BCUT2D eigenvalue weighted by Crippen LogP contribution is -2.39. The summed E-state index contributed by atoms with van der Waals surface area (Å²) in [5.41, 5.74) is 1.15. The van der Waals surface area contributed by atoms with Gasteiger partial charge in [-0.05, 0) is 38.5 Å². The Hall–Kier alpha value is -3.09. The highest BCUT2D eigenvalue weighted by atomic mass is 16.3. The smallest absolute Gasteiger partial charge is 0.192 e. The van der Waals surface area contributed by atoms with Gasteiger partial charge in [0.2, 0.25) is 0 Å². The molecule has 0 radical (unpaired) electrons. The highest BCUT2D eigenvalue weighted by Gasteiger charge is 2.13. The van der Waals surface area contributed by atoms with Crippen LogP contribution in [0.5, 0.6) is 0 Å². The second-order valence-electron chi connectivity index (χ2n) is 6.54. The average Bonchev–Trinajstić information content (AvgIpc) is 3.25. The van der Waals surface area contributed by atoms with E-state index in [2.05, 4.69) is 33.0 Å². The molecular formula is C20H26N6O. The lowest BCUT2D eigenvalue weighted by Gasteiger charge is -2.17. The molecule has 27 heavy (non-hydrogen) atoms. The first-order valence-electron chi connectivity index (χ1n) is 9.03. The van der Waals surface area contributed by atoms with Gasteiger partial charge in [-0.25, -0.2) is 4.99 Å². The first kappa shape index (κ1) is 18.7. The van der Waals surface area contributed by atoms with Crippen molar-refractivity contribution in [3.63, 3.8) is 0 Å². The van der Waals surface area contributed by atoms with Crippen LogP contribution in [0.2, 0.25) is 0 Å². The summed E-state index contributed by atoms with van der Waals surface area (Å²) >= 11 is 0. The number of aromatic nitrogens is 3. The molecule has 0 aliphatic heterocycles. The molecule has 2 aromatic heterocycles. The fourth-order valence-corrected chi connectivity index (χ4v) is 2.64. The molecule has 0 fully saturated rings. The molecule has 1 aromatic carbocycles. The summed E-state index contributed by atoms with van der Waals surface area (Å²) in [6.07, 6.45) is 0. The molecule has 3 aromatic rings. The zero-order valence-electron chi connectivity index (χ0n) is 16.2. The summed E-state index contributed by atoms with van der Waals surface area (Å²) < 4.78 is 7.68. The molecule has 0 amide bonds. The van der Waals surface area contributed by atoms with E-state index in [0.29, 0.717) is 19.0 Å². The molecule has 3 rings (SSSR count). The van der Waals surface area contributed by atoms with Gasteiger partial charge in [-0.2, -0.15) is 0 Å². The molecule has 7 nitrogen and oxygen atoms in total. The maximum atomic E-state index is 5.72. The normalized spacial score (nSPS) is 12.8. The maximum Gasteiger partial charge on any atom is 0.192 e. The van der Waals surface area contributed by atoms with Gasteiger partial charge in [0.1, 0.15) is 17.3 Å². The van der Waals surface area contributed by atoms with Crippen LogP contribution in [0.15, 0.2) is 51.9 Å². The monoisotopic (exact) mass is 366 g/mol. The van der Waals surface area contributed by atoms with E-state index in [0.717, 1.165) is 28.7 Å². The Morgan fingerprint density at radius 1 is 1.15 bits per heavy atom. The average molecular weight is 366 g/mol. The Balaban J connectivity index is 1.72. The summed E-state index contributed by atoms with van der Waals surface area (Å²) in [7, 11) is 1.95. The molecule has 2 heterocycles. The van der Waals surface area contributed by atoms with Gasteiger partial charge >= 0.3 is 0 Å². The van der Waals surface area contributed by atoms with Crippen molar-refractivity contribution in [2.24, 2.45) is 12.0 Å². The molecule has 0 aliphatic rings. The second kappa shape index (κ2) is 8.53. The van der Waals surface area contributed by atoms with Crippen molar-refractivity contribution >= 4 is 5.96 Å². The molecular weight excluding hydrogens is 340 g/mol. The number of furan rings is 1. The van der Waals surface area contributed by atoms with Crippen LogP contribution in [-0.4, -0.2) is 20.7 Å². The van der Waals surface area contributed by atoms with Crippen LogP contribution in [0.1, 0.15) is 41.7 Å². The van der Waals surface area contributed by atoms with E-state index in [1.807, 2.05) is 62.7 Å². The Morgan fingerprint density at radius 3 is 2.56 bits per heavy atom. The van der Waals surface area contributed by atoms with Crippen molar-refractivity contribution in [3.05, 3.63) is 71.2 Å². The van der Waals surface area contributed by atoms with Gasteiger partial charge in [0.05, 0.1) is 19.1 Å². The summed E-state index contributed by atoms with van der Waals surface area (Å²) in [6.45, 7) is 7.03. The number of guanidine groups is 1. The van der Waals surface area contributed by atoms with Gasteiger partial charge in [-0.3, -0.25) is 0 Å². The van der Waals surface area contributed by atoms with Crippen LogP contribution >= 0.6 is 0 Å². The number of hydrogen-bond acceptors (Lipinski definition) is 4. The summed E-state index contributed by atoms with van der Waals surface area (Å²) in [6, 6.07) is 14.1. The Kier molecular flexibility index (Phi) is 5.90. The molecule has 0 saturated heterocycles. The van der Waals surface area contributed by atoms with E-state index in [4.69, 9.17) is 9.41 Å². The number of hydrogen-bond donors (Lipinski definition) is 2. The van der Waals surface area contributed by atoms with Crippen LogP contribution in [0.3, 0.4) is 0 Å². The van der Waals surface area contributed by atoms with Gasteiger partial charge in [-0.1, -0.05) is 30.3 Å². The second-order valence-corrected chi connectivity index (χ2v) is 6.54. The minimum Gasteiger partial charge on any atom is -0.464 e. The first-order chi connectivity index (χ1) is 13.0. The van der Waals surface area contributed by atoms with Crippen molar-refractivity contribution in [2.75, 3.05) is 0 Å². The molecule has 1 atom stereocenters. The molecule has 0 aliphatic carbocycles.